The molecule has 2 rings (SSSR count). The number of halogens is 1. The van der Waals surface area contributed by atoms with Crippen LogP contribution in [0, 0.1) is 0 Å². The van der Waals surface area contributed by atoms with Crippen LogP contribution in [0.15, 0.2) is 54.6 Å². The molecule has 0 saturated heterocycles. The molecule has 0 aromatic heterocycles. The Hall–Kier alpha value is -2.33. The van der Waals surface area contributed by atoms with E-state index in [0.717, 1.165) is 12.8 Å². The first kappa shape index (κ1) is 18.0. The van der Waals surface area contributed by atoms with Gasteiger partial charge in [0.2, 0.25) is 0 Å². The predicted molar refractivity (Wildman–Crippen MR) is 94.1 cm³/mol. The number of carbonyl (C=O) groups excluding carboxylic acids is 2. The van der Waals surface area contributed by atoms with E-state index < -0.39 is 5.97 Å². The molecule has 2 aromatic carbocycles. The van der Waals surface area contributed by atoms with Crippen molar-refractivity contribution >= 4 is 23.5 Å². The molecule has 0 bridgehead atoms. The Morgan fingerprint density at radius 2 is 1.75 bits per heavy atom. The molecule has 5 heteroatoms. The summed E-state index contributed by atoms with van der Waals surface area (Å²) in [6, 6.07) is 16.4. The summed E-state index contributed by atoms with van der Waals surface area (Å²) in [5, 5.41) is 3.37. The van der Waals surface area contributed by atoms with E-state index in [-0.39, 0.29) is 18.6 Å². The van der Waals surface area contributed by atoms with Gasteiger partial charge in [-0.05, 0) is 49.6 Å². The molecule has 4 nitrogen and oxygen atoms in total. The third-order valence-corrected chi connectivity index (χ3v) is 3.78. The zero-order valence-corrected chi connectivity index (χ0v) is 14.3. The molecule has 1 N–H and O–H groups in total. The van der Waals surface area contributed by atoms with Gasteiger partial charge in [-0.25, -0.2) is 4.79 Å². The Morgan fingerprint density at radius 1 is 1.08 bits per heavy atom. The number of esters is 1. The number of nitrogens with one attached hydrogen (secondary N) is 1. The van der Waals surface area contributed by atoms with Crippen molar-refractivity contribution in [3.05, 3.63) is 70.7 Å². The van der Waals surface area contributed by atoms with Crippen molar-refractivity contribution in [1.29, 1.82) is 0 Å². The number of amides is 1. The van der Waals surface area contributed by atoms with Crippen LogP contribution in [0.25, 0.3) is 0 Å². The second-order valence-corrected chi connectivity index (χ2v) is 6.01. The molecule has 0 aliphatic heterocycles. The summed E-state index contributed by atoms with van der Waals surface area (Å²) in [7, 11) is 0. The molecule has 1 amide bonds. The van der Waals surface area contributed by atoms with Gasteiger partial charge in [0, 0.05) is 11.1 Å². The van der Waals surface area contributed by atoms with Gasteiger partial charge in [0.15, 0.2) is 6.61 Å². The van der Waals surface area contributed by atoms with Crippen LogP contribution in [0.3, 0.4) is 0 Å². The van der Waals surface area contributed by atoms with Crippen molar-refractivity contribution in [2.45, 2.75) is 25.8 Å². The summed E-state index contributed by atoms with van der Waals surface area (Å²) in [6.45, 7) is 1.64. The van der Waals surface area contributed by atoms with E-state index in [4.69, 9.17) is 16.3 Å². The fraction of sp³-hybridized carbons (Fsp3) is 0.263. The maximum atomic E-state index is 11.8. The first-order chi connectivity index (χ1) is 11.5. The van der Waals surface area contributed by atoms with E-state index in [1.807, 2.05) is 25.1 Å². The quantitative estimate of drug-likeness (QED) is 0.779. The Morgan fingerprint density at radius 3 is 2.42 bits per heavy atom. The molecule has 1 atom stereocenters. The maximum Gasteiger partial charge on any atom is 0.338 e. The van der Waals surface area contributed by atoms with Crippen LogP contribution in [0.2, 0.25) is 5.02 Å². The molecule has 0 aliphatic rings. The first-order valence-electron chi connectivity index (χ1n) is 7.80. The smallest absolute Gasteiger partial charge is 0.338 e. The normalized spacial score (nSPS) is 11.6. The van der Waals surface area contributed by atoms with Crippen molar-refractivity contribution in [2.24, 2.45) is 0 Å². The van der Waals surface area contributed by atoms with Crippen LogP contribution in [0.5, 0.6) is 0 Å². The fourth-order valence-electron chi connectivity index (χ4n) is 2.22. The summed E-state index contributed by atoms with van der Waals surface area (Å²) in [6.07, 6.45) is 1.70. The summed E-state index contributed by atoms with van der Waals surface area (Å²) in [5.41, 5.74) is 1.59. The lowest BCUT2D eigenvalue weighted by atomic mass is 10.1. The molecule has 24 heavy (non-hydrogen) atoms. The lowest BCUT2D eigenvalue weighted by Gasteiger charge is -2.14. The average molecular weight is 346 g/mol. The van der Waals surface area contributed by atoms with Gasteiger partial charge in [0.1, 0.15) is 0 Å². The van der Waals surface area contributed by atoms with Crippen LogP contribution in [0.1, 0.15) is 29.3 Å². The Kier molecular flexibility index (Phi) is 6.82. The zero-order valence-electron chi connectivity index (χ0n) is 13.5. The summed E-state index contributed by atoms with van der Waals surface area (Å²) >= 11 is 5.76. The van der Waals surface area contributed by atoms with Gasteiger partial charge in [-0.15, -0.1) is 0 Å². The van der Waals surface area contributed by atoms with Crippen LogP contribution in [-0.2, 0) is 16.0 Å². The second kappa shape index (κ2) is 9.08. The SMILES string of the molecule is C[C@H](CCc1ccccc1)NC(=O)COC(=O)c1ccc(Cl)cc1. The van der Waals surface area contributed by atoms with Crippen LogP contribution in [-0.4, -0.2) is 24.5 Å². The van der Waals surface area contributed by atoms with Crippen LogP contribution in [0.4, 0.5) is 0 Å². The van der Waals surface area contributed by atoms with Crippen molar-refractivity contribution < 1.29 is 14.3 Å². The van der Waals surface area contributed by atoms with Gasteiger partial charge in [-0.3, -0.25) is 4.79 Å². The minimum atomic E-state index is -0.543. The highest BCUT2D eigenvalue weighted by Gasteiger charge is 2.12. The number of carbonyl (C=O) groups is 2. The highest BCUT2D eigenvalue weighted by Crippen LogP contribution is 2.10. The first-order valence-corrected chi connectivity index (χ1v) is 8.18. The third kappa shape index (κ3) is 6.05. The van der Waals surface area contributed by atoms with Gasteiger partial charge in [0.25, 0.3) is 5.91 Å². The Labute approximate surface area is 146 Å². The fourth-order valence-corrected chi connectivity index (χ4v) is 2.34. The van der Waals surface area contributed by atoms with E-state index in [9.17, 15) is 9.59 Å². The van der Waals surface area contributed by atoms with E-state index >= 15 is 0 Å². The van der Waals surface area contributed by atoms with Gasteiger partial charge in [-0.2, -0.15) is 0 Å². The maximum absolute atomic E-state index is 11.8. The molecule has 0 aliphatic carbocycles. The lowest BCUT2D eigenvalue weighted by Crippen LogP contribution is -2.36. The van der Waals surface area contributed by atoms with E-state index in [2.05, 4.69) is 17.4 Å². The summed E-state index contributed by atoms with van der Waals surface area (Å²) in [4.78, 5) is 23.7. The predicted octanol–water partition coefficient (Wildman–Crippen LogP) is 3.63. The van der Waals surface area contributed by atoms with Crippen LogP contribution >= 0.6 is 11.6 Å². The van der Waals surface area contributed by atoms with E-state index in [0.29, 0.717) is 10.6 Å². The molecular weight excluding hydrogens is 326 g/mol. The molecule has 0 radical (unpaired) electrons. The molecular formula is C19H20ClNO3. The number of hydrogen-bond donors (Lipinski definition) is 1. The van der Waals surface area contributed by atoms with Crippen molar-refractivity contribution in [1.82, 2.24) is 5.32 Å². The topological polar surface area (TPSA) is 55.4 Å². The highest BCUT2D eigenvalue weighted by atomic mass is 35.5. The molecule has 2 aromatic rings. The number of hydrogen-bond acceptors (Lipinski definition) is 3. The van der Waals surface area contributed by atoms with Gasteiger partial charge in [-0.1, -0.05) is 41.9 Å². The zero-order chi connectivity index (χ0) is 17.4. The van der Waals surface area contributed by atoms with Gasteiger partial charge >= 0.3 is 5.97 Å². The minimum absolute atomic E-state index is 0.00643. The molecule has 0 heterocycles. The molecule has 126 valence electrons. The van der Waals surface area contributed by atoms with Crippen molar-refractivity contribution in [2.75, 3.05) is 6.61 Å². The minimum Gasteiger partial charge on any atom is -0.452 e. The number of benzene rings is 2. The third-order valence-electron chi connectivity index (χ3n) is 3.53. The number of ether oxygens (including phenoxy) is 1. The molecule has 0 saturated carbocycles. The molecule has 0 spiro atoms. The summed E-state index contributed by atoms with van der Waals surface area (Å²) in [5.74, 6) is -0.850. The second-order valence-electron chi connectivity index (χ2n) is 5.58. The standard InChI is InChI=1S/C19H20ClNO3/c1-14(7-8-15-5-3-2-4-6-15)21-18(22)13-24-19(23)16-9-11-17(20)12-10-16/h2-6,9-12,14H,7-8,13H2,1H3,(H,21,22)/t14-/m1/s1. The largest absolute Gasteiger partial charge is 0.452 e. The lowest BCUT2D eigenvalue weighted by molar-refractivity contribution is -0.124. The Balaban J connectivity index is 1.70. The van der Waals surface area contributed by atoms with E-state index in [1.165, 1.54) is 5.56 Å². The average Bonchev–Trinajstić information content (AvgIpc) is 2.59. The molecule has 0 fully saturated rings. The van der Waals surface area contributed by atoms with Crippen LogP contribution < -0.4 is 5.32 Å². The number of aryl methyl sites for hydroxylation is 1. The number of rotatable bonds is 7. The molecule has 0 unspecified atom stereocenters. The van der Waals surface area contributed by atoms with Crippen molar-refractivity contribution in [3.63, 3.8) is 0 Å². The van der Waals surface area contributed by atoms with Gasteiger partial charge < -0.3 is 10.1 Å². The van der Waals surface area contributed by atoms with E-state index in [1.54, 1.807) is 24.3 Å². The highest BCUT2D eigenvalue weighted by molar-refractivity contribution is 6.30. The Bertz CT molecular complexity index is 671. The van der Waals surface area contributed by atoms with Crippen molar-refractivity contribution in [3.8, 4) is 0 Å². The summed E-state index contributed by atoms with van der Waals surface area (Å²) < 4.78 is 5.00. The monoisotopic (exact) mass is 345 g/mol. The van der Waals surface area contributed by atoms with Gasteiger partial charge in [0.05, 0.1) is 5.56 Å².